The summed E-state index contributed by atoms with van der Waals surface area (Å²) in [5.74, 6) is -0.435. The van der Waals surface area contributed by atoms with E-state index in [4.69, 9.17) is 0 Å². The number of amides is 2. The summed E-state index contributed by atoms with van der Waals surface area (Å²) >= 11 is 6.20. The van der Waals surface area contributed by atoms with Crippen molar-refractivity contribution in [3.05, 3.63) is 35.4 Å². The lowest BCUT2D eigenvalue weighted by atomic mass is 10.1. The Morgan fingerprint density at radius 1 is 1.00 bits per heavy atom. The summed E-state index contributed by atoms with van der Waals surface area (Å²) in [7, 11) is 0. The lowest BCUT2D eigenvalue weighted by Gasteiger charge is -2.04. The molecule has 0 aliphatic carbocycles. The van der Waals surface area contributed by atoms with Crippen molar-refractivity contribution in [1.29, 1.82) is 0 Å². The van der Waals surface area contributed by atoms with Crippen LogP contribution in [0, 0.1) is 0 Å². The van der Waals surface area contributed by atoms with Crippen LogP contribution < -0.4 is 10.6 Å². The van der Waals surface area contributed by atoms with Gasteiger partial charge in [0.25, 0.3) is 11.8 Å². The first-order valence-electron chi connectivity index (χ1n) is 4.47. The summed E-state index contributed by atoms with van der Waals surface area (Å²) < 4.78 is 0. The molecule has 1 aromatic rings. The molecule has 0 saturated carbocycles. The Kier molecular flexibility index (Phi) is 5.48. The topological polar surface area (TPSA) is 58.2 Å². The highest BCUT2D eigenvalue weighted by Gasteiger charge is 2.08. The van der Waals surface area contributed by atoms with Crippen LogP contribution in [0.5, 0.6) is 0 Å². The Morgan fingerprint density at radius 3 is 1.81 bits per heavy atom. The maximum Gasteiger partial charge on any atom is 0.251 e. The van der Waals surface area contributed by atoms with Crippen LogP contribution in [0.4, 0.5) is 0 Å². The first-order chi connectivity index (χ1) is 7.69. The van der Waals surface area contributed by atoms with Crippen LogP contribution in [0.2, 0.25) is 0 Å². The van der Waals surface area contributed by atoms with E-state index in [9.17, 15) is 9.59 Å². The van der Waals surface area contributed by atoms with Gasteiger partial charge in [0.1, 0.15) is 0 Å². The molecule has 0 spiro atoms. The van der Waals surface area contributed by atoms with Gasteiger partial charge in [0.15, 0.2) is 0 Å². The molecule has 0 radical (unpaired) electrons. The molecule has 16 heavy (non-hydrogen) atoms. The fourth-order valence-electron chi connectivity index (χ4n) is 1.13. The fourth-order valence-corrected chi connectivity index (χ4v) is 1.64. The van der Waals surface area contributed by atoms with Crippen LogP contribution in [0.3, 0.4) is 0 Å². The van der Waals surface area contributed by atoms with E-state index in [2.05, 4.69) is 42.5 Å². The van der Waals surface area contributed by atoms with Gasteiger partial charge in [-0.1, -0.05) is 37.9 Å². The fraction of sp³-hybridized carbons (Fsp3) is 0.200. The van der Waals surface area contributed by atoms with Gasteiger partial charge < -0.3 is 10.6 Å². The zero-order valence-corrected chi connectivity index (χ0v) is 11.5. The molecule has 86 valence electrons. The number of rotatable bonds is 4. The smallest absolute Gasteiger partial charge is 0.251 e. The molecule has 2 N–H and O–H groups in total. The van der Waals surface area contributed by atoms with E-state index in [0.29, 0.717) is 22.0 Å². The van der Waals surface area contributed by atoms with Crippen LogP contribution in [-0.2, 0) is 0 Å². The van der Waals surface area contributed by atoms with Gasteiger partial charge in [0.2, 0.25) is 0 Å². The minimum atomic E-state index is -0.217. The largest absolute Gasteiger partial charge is 0.342 e. The number of nitrogens with one attached hydrogen (secondary N) is 2. The molecule has 0 heterocycles. The van der Waals surface area contributed by atoms with Crippen LogP contribution in [0.1, 0.15) is 20.7 Å². The van der Waals surface area contributed by atoms with E-state index in [-0.39, 0.29) is 11.8 Å². The maximum absolute atomic E-state index is 11.5. The average molecular weight is 350 g/mol. The van der Waals surface area contributed by atoms with E-state index in [1.54, 1.807) is 24.3 Å². The monoisotopic (exact) mass is 348 g/mol. The summed E-state index contributed by atoms with van der Waals surface area (Å²) in [6.45, 7) is 0. The van der Waals surface area contributed by atoms with Crippen molar-refractivity contribution in [2.75, 3.05) is 10.9 Å². The van der Waals surface area contributed by atoms with Crippen molar-refractivity contribution < 1.29 is 9.59 Å². The van der Waals surface area contributed by atoms with Crippen molar-refractivity contribution in [3.63, 3.8) is 0 Å². The summed E-state index contributed by atoms with van der Waals surface area (Å²) in [6.07, 6.45) is 0. The average Bonchev–Trinajstić information content (AvgIpc) is 2.30. The van der Waals surface area contributed by atoms with Gasteiger partial charge in [-0.25, -0.2) is 0 Å². The molecule has 6 heteroatoms. The predicted molar refractivity (Wildman–Crippen MR) is 69.0 cm³/mol. The highest BCUT2D eigenvalue weighted by molar-refractivity contribution is 9.09. The number of carbonyl (C=O) groups excluding carboxylic acids is 2. The number of benzene rings is 1. The standard InChI is InChI=1S/C10H10Br2N2O2/c11-5-13-9(15)7-2-1-3-8(4-7)10(16)14-6-12/h1-4H,5-6H2,(H,13,15)(H,14,16). The van der Waals surface area contributed by atoms with Crippen LogP contribution in [0.25, 0.3) is 0 Å². The normalized spacial score (nSPS) is 9.62. The lowest BCUT2D eigenvalue weighted by Crippen LogP contribution is -2.24. The van der Waals surface area contributed by atoms with Crippen molar-refractivity contribution >= 4 is 43.7 Å². The highest BCUT2D eigenvalue weighted by Crippen LogP contribution is 2.05. The number of halogens is 2. The van der Waals surface area contributed by atoms with E-state index in [0.717, 1.165) is 0 Å². The summed E-state index contributed by atoms with van der Waals surface area (Å²) in [5.41, 5.74) is 1.68. The Morgan fingerprint density at radius 2 is 1.44 bits per heavy atom. The van der Waals surface area contributed by atoms with Crippen molar-refractivity contribution in [1.82, 2.24) is 10.6 Å². The highest BCUT2D eigenvalue weighted by atomic mass is 79.9. The van der Waals surface area contributed by atoms with Crippen LogP contribution in [0.15, 0.2) is 24.3 Å². The molecule has 4 nitrogen and oxygen atoms in total. The number of alkyl halides is 2. The second-order valence-corrected chi connectivity index (χ2v) is 3.98. The van der Waals surface area contributed by atoms with Gasteiger partial charge in [0.05, 0.1) is 10.9 Å². The molecule has 0 atom stereocenters. The van der Waals surface area contributed by atoms with Gasteiger partial charge >= 0.3 is 0 Å². The first kappa shape index (κ1) is 13.2. The number of hydrogen-bond donors (Lipinski definition) is 2. The Balaban J connectivity index is 2.86. The third-order valence-corrected chi connectivity index (χ3v) is 2.40. The molecule has 2 amide bonds. The van der Waals surface area contributed by atoms with Gasteiger partial charge in [-0.3, -0.25) is 9.59 Å². The van der Waals surface area contributed by atoms with Crippen molar-refractivity contribution in [2.24, 2.45) is 0 Å². The molecule has 0 aromatic heterocycles. The Bertz CT molecular complexity index is 363. The second kappa shape index (κ2) is 6.65. The third-order valence-electron chi connectivity index (χ3n) is 1.84. The second-order valence-electron chi connectivity index (χ2n) is 2.86. The van der Waals surface area contributed by atoms with E-state index in [1.807, 2.05) is 0 Å². The van der Waals surface area contributed by atoms with Crippen molar-refractivity contribution in [3.8, 4) is 0 Å². The summed E-state index contributed by atoms with van der Waals surface area (Å²) in [5, 5.41) is 5.19. The minimum Gasteiger partial charge on any atom is -0.342 e. The van der Waals surface area contributed by atoms with Crippen LogP contribution in [-0.4, -0.2) is 22.7 Å². The summed E-state index contributed by atoms with van der Waals surface area (Å²) in [4.78, 5) is 23.0. The van der Waals surface area contributed by atoms with E-state index < -0.39 is 0 Å². The molecule has 0 aliphatic rings. The molecule has 0 fully saturated rings. The molecule has 1 rings (SSSR count). The van der Waals surface area contributed by atoms with E-state index in [1.165, 1.54) is 0 Å². The zero-order valence-electron chi connectivity index (χ0n) is 8.30. The van der Waals surface area contributed by atoms with Gasteiger partial charge in [0, 0.05) is 11.1 Å². The Hall–Kier alpha value is -0.880. The first-order valence-corrected chi connectivity index (χ1v) is 6.71. The molecule has 0 saturated heterocycles. The maximum atomic E-state index is 11.5. The predicted octanol–water partition coefficient (Wildman–Crippen LogP) is 1.85. The van der Waals surface area contributed by atoms with Crippen LogP contribution >= 0.6 is 31.9 Å². The quantitative estimate of drug-likeness (QED) is 0.643. The molecule has 1 aromatic carbocycles. The number of hydrogen-bond acceptors (Lipinski definition) is 2. The van der Waals surface area contributed by atoms with Gasteiger partial charge in [-0.15, -0.1) is 0 Å². The van der Waals surface area contributed by atoms with E-state index >= 15 is 0 Å². The Labute approximate surface area is 110 Å². The van der Waals surface area contributed by atoms with Gasteiger partial charge in [-0.05, 0) is 18.2 Å². The molecule has 0 bridgehead atoms. The number of carbonyl (C=O) groups is 2. The minimum absolute atomic E-state index is 0.217. The van der Waals surface area contributed by atoms with Gasteiger partial charge in [-0.2, -0.15) is 0 Å². The summed E-state index contributed by atoms with van der Waals surface area (Å²) in [6, 6.07) is 6.54. The molecular weight excluding hydrogens is 340 g/mol. The SMILES string of the molecule is O=C(NCBr)c1cccc(C(=O)NCBr)c1. The third kappa shape index (κ3) is 3.61. The molecule has 0 aliphatic heterocycles. The zero-order chi connectivity index (χ0) is 12.0. The molecular formula is C10H10Br2N2O2. The lowest BCUT2D eigenvalue weighted by molar-refractivity contribution is 0.0960. The van der Waals surface area contributed by atoms with Crippen molar-refractivity contribution in [2.45, 2.75) is 0 Å². The molecule has 0 unspecified atom stereocenters.